The predicted molar refractivity (Wildman–Crippen MR) is 104 cm³/mol. The molecule has 0 spiro atoms. The van der Waals surface area contributed by atoms with Gasteiger partial charge in [-0.3, -0.25) is 4.79 Å². The van der Waals surface area contributed by atoms with Crippen molar-refractivity contribution in [3.05, 3.63) is 69.1 Å². The lowest BCUT2D eigenvalue weighted by Gasteiger charge is -2.09. The van der Waals surface area contributed by atoms with Gasteiger partial charge in [0.15, 0.2) is 0 Å². The molecule has 0 bridgehead atoms. The van der Waals surface area contributed by atoms with Crippen molar-refractivity contribution in [1.82, 2.24) is 14.8 Å². The average Bonchev–Trinajstić information content (AvgIpc) is 2.85. The first-order valence-corrected chi connectivity index (χ1v) is 8.84. The standard InChI is InChI=1S/C19H18Cl2N4O/c1-11-5-4-8-22-19(11)23-18(26)10-15-12(2)24-25(13(15)3)17-7-6-14(20)9-16(17)21/h4-9H,10H2,1-3H3,(H,22,23,26). The van der Waals surface area contributed by atoms with Gasteiger partial charge < -0.3 is 5.32 Å². The second kappa shape index (κ2) is 7.48. The van der Waals surface area contributed by atoms with Crippen LogP contribution >= 0.6 is 23.2 Å². The highest BCUT2D eigenvalue weighted by Gasteiger charge is 2.18. The summed E-state index contributed by atoms with van der Waals surface area (Å²) in [5.41, 5.74) is 4.14. The first-order chi connectivity index (χ1) is 12.4. The third-order valence-electron chi connectivity index (χ3n) is 4.18. The zero-order valence-electron chi connectivity index (χ0n) is 14.7. The number of carbonyl (C=O) groups is 1. The van der Waals surface area contributed by atoms with Crippen molar-refractivity contribution in [2.45, 2.75) is 27.2 Å². The van der Waals surface area contributed by atoms with E-state index < -0.39 is 0 Å². The topological polar surface area (TPSA) is 59.8 Å². The van der Waals surface area contributed by atoms with Crippen LogP contribution in [0.5, 0.6) is 0 Å². The van der Waals surface area contributed by atoms with Crippen molar-refractivity contribution in [3.8, 4) is 5.69 Å². The zero-order valence-corrected chi connectivity index (χ0v) is 16.2. The number of benzene rings is 1. The van der Waals surface area contributed by atoms with Crippen LogP contribution in [0.2, 0.25) is 10.0 Å². The number of halogens is 2. The molecule has 3 rings (SSSR count). The van der Waals surface area contributed by atoms with Crippen LogP contribution in [-0.2, 0) is 11.2 Å². The molecule has 134 valence electrons. The van der Waals surface area contributed by atoms with Gasteiger partial charge in [0.2, 0.25) is 5.91 Å². The molecule has 1 aromatic carbocycles. The molecule has 0 fully saturated rings. The van der Waals surface area contributed by atoms with E-state index in [1.165, 1.54) is 0 Å². The summed E-state index contributed by atoms with van der Waals surface area (Å²) in [5, 5.41) is 8.46. The van der Waals surface area contributed by atoms with Crippen LogP contribution in [0, 0.1) is 20.8 Å². The van der Waals surface area contributed by atoms with Crippen molar-refractivity contribution < 1.29 is 4.79 Å². The molecule has 1 amide bonds. The highest BCUT2D eigenvalue weighted by molar-refractivity contribution is 6.35. The molecule has 0 aliphatic carbocycles. The van der Waals surface area contributed by atoms with Crippen LogP contribution in [0.4, 0.5) is 5.82 Å². The molecule has 7 heteroatoms. The van der Waals surface area contributed by atoms with Crippen LogP contribution in [0.15, 0.2) is 36.5 Å². The number of aryl methyl sites for hydroxylation is 2. The maximum absolute atomic E-state index is 12.5. The van der Waals surface area contributed by atoms with Gasteiger partial charge in [-0.15, -0.1) is 0 Å². The third-order valence-corrected chi connectivity index (χ3v) is 4.72. The Labute approximate surface area is 162 Å². The molecule has 0 radical (unpaired) electrons. The zero-order chi connectivity index (χ0) is 18.8. The second-order valence-corrected chi connectivity index (χ2v) is 6.89. The molecule has 26 heavy (non-hydrogen) atoms. The van der Waals surface area contributed by atoms with Gasteiger partial charge in [0.25, 0.3) is 0 Å². The average molecular weight is 389 g/mol. The van der Waals surface area contributed by atoms with Gasteiger partial charge in [-0.1, -0.05) is 29.3 Å². The number of rotatable bonds is 4. The van der Waals surface area contributed by atoms with Crippen LogP contribution in [0.3, 0.4) is 0 Å². The number of aromatic nitrogens is 3. The van der Waals surface area contributed by atoms with Gasteiger partial charge >= 0.3 is 0 Å². The van der Waals surface area contributed by atoms with Crippen molar-refractivity contribution >= 4 is 34.9 Å². The maximum Gasteiger partial charge on any atom is 0.230 e. The lowest BCUT2D eigenvalue weighted by Crippen LogP contribution is -2.17. The Kier molecular flexibility index (Phi) is 5.30. The van der Waals surface area contributed by atoms with Gasteiger partial charge in [0, 0.05) is 22.5 Å². The van der Waals surface area contributed by atoms with E-state index in [-0.39, 0.29) is 12.3 Å². The van der Waals surface area contributed by atoms with E-state index in [1.807, 2.05) is 39.0 Å². The van der Waals surface area contributed by atoms with Gasteiger partial charge in [-0.25, -0.2) is 9.67 Å². The smallest absolute Gasteiger partial charge is 0.230 e. The number of nitrogens with one attached hydrogen (secondary N) is 1. The van der Waals surface area contributed by atoms with E-state index in [4.69, 9.17) is 23.2 Å². The second-order valence-electron chi connectivity index (χ2n) is 6.05. The van der Waals surface area contributed by atoms with E-state index in [2.05, 4.69) is 15.4 Å². The third kappa shape index (κ3) is 3.74. The van der Waals surface area contributed by atoms with E-state index >= 15 is 0 Å². The number of anilines is 1. The van der Waals surface area contributed by atoms with E-state index in [0.717, 1.165) is 28.2 Å². The minimum absolute atomic E-state index is 0.139. The number of amides is 1. The van der Waals surface area contributed by atoms with Gasteiger partial charge in [-0.2, -0.15) is 5.10 Å². The summed E-state index contributed by atoms with van der Waals surface area (Å²) in [5.74, 6) is 0.431. The Morgan fingerprint density at radius 2 is 1.96 bits per heavy atom. The SMILES string of the molecule is Cc1cccnc1NC(=O)Cc1c(C)nn(-c2ccc(Cl)cc2Cl)c1C. The predicted octanol–water partition coefficient (Wildman–Crippen LogP) is 4.68. The number of carbonyl (C=O) groups excluding carboxylic acids is 1. The van der Waals surface area contributed by atoms with Gasteiger partial charge in [0.05, 0.1) is 22.8 Å². The molecule has 0 aliphatic rings. The van der Waals surface area contributed by atoms with Crippen molar-refractivity contribution in [3.63, 3.8) is 0 Å². The molecule has 0 saturated carbocycles. The first kappa shape index (κ1) is 18.4. The highest BCUT2D eigenvalue weighted by atomic mass is 35.5. The fourth-order valence-corrected chi connectivity index (χ4v) is 3.26. The lowest BCUT2D eigenvalue weighted by molar-refractivity contribution is -0.115. The molecule has 2 aromatic heterocycles. The van der Waals surface area contributed by atoms with E-state index in [0.29, 0.717) is 15.9 Å². The Bertz CT molecular complexity index is 982. The highest BCUT2D eigenvalue weighted by Crippen LogP contribution is 2.27. The quantitative estimate of drug-likeness (QED) is 0.705. The van der Waals surface area contributed by atoms with Crippen LogP contribution in [0.25, 0.3) is 5.69 Å². The summed E-state index contributed by atoms with van der Waals surface area (Å²) in [6, 6.07) is 8.98. The molecule has 0 atom stereocenters. The molecular formula is C19H18Cl2N4O. The molecule has 0 saturated heterocycles. The maximum atomic E-state index is 12.5. The van der Waals surface area contributed by atoms with Gasteiger partial charge in [-0.05, 0) is 50.6 Å². The van der Waals surface area contributed by atoms with Crippen LogP contribution in [-0.4, -0.2) is 20.7 Å². The number of nitrogens with zero attached hydrogens (tertiary/aromatic N) is 3. The summed E-state index contributed by atoms with van der Waals surface area (Å²) in [6.07, 6.45) is 1.86. The van der Waals surface area contributed by atoms with Crippen molar-refractivity contribution in [1.29, 1.82) is 0 Å². The lowest BCUT2D eigenvalue weighted by atomic mass is 10.1. The van der Waals surface area contributed by atoms with E-state index in [9.17, 15) is 4.79 Å². The van der Waals surface area contributed by atoms with Crippen molar-refractivity contribution in [2.75, 3.05) is 5.32 Å². The molecule has 2 heterocycles. The molecule has 3 aromatic rings. The van der Waals surface area contributed by atoms with Crippen LogP contribution < -0.4 is 5.32 Å². The monoisotopic (exact) mass is 388 g/mol. The summed E-state index contributed by atoms with van der Waals surface area (Å²) in [6.45, 7) is 5.70. The Morgan fingerprint density at radius 1 is 1.19 bits per heavy atom. The summed E-state index contributed by atoms with van der Waals surface area (Å²) >= 11 is 12.3. The number of pyridine rings is 1. The Balaban J connectivity index is 1.86. The molecule has 1 N–H and O–H groups in total. The molecular weight excluding hydrogens is 371 g/mol. The Hall–Kier alpha value is -2.37. The largest absolute Gasteiger partial charge is 0.310 e. The molecule has 0 aliphatic heterocycles. The first-order valence-electron chi connectivity index (χ1n) is 8.09. The molecule has 5 nitrogen and oxygen atoms in total. The van der Waals surface area contributed by atoms with Crippen molar-refractivity contribution in [2.24, 2.45) is 0 Å². The van der Waals surface area contributed by atoms with Crippen LogP contribution in [0.1, 0.15) is 22.5 Å². The fraction of sp³-hybridized carbons (Fsp3) is 0.211. The summed E-state index contributed by atoms with van der Waals surface area (Å²) in [4.78, 5) is 16.7. The Morgan fingerprint density at radius 3 is 2.65 bits per heavy atom. The van der Waals surface area contributed by atoms with Gasteiger partial charge in [0.1, 0.15) is 5.82 Å². The minimum atomic E-state index is -0.139. The summed E-state index contributed by atoms with van der Waals surface area (Å²) < 4.78 is 1.74. The summed E-state index contributed by atoms with van der Waals surface area (Å²) in [7, 11) is 0. The number of hydrogen-bond donors (Lipinski definition) is 1. The minimum Gasteiger partial charge on any atom is -0.310 e. The fourth-order valence-electron chi connectivity index (χ4n) is 2.77. The number of hydrogen-bond acceptors (Lipinski definition) is 3. The van der Waals surface area contributed by atoms with E-state index in [1.54, 1.807) is 23.0 Å². The normalized spacial score (nSPS) is 10.8. The molecule has 0 unspecified atom stereocenters.